The van der Waals surface area contributed by atoms with E-state index in [0.29, 0.717) is 28.3 Å². The first kappa shape index (κ1) is 17.8. The number of fused-ring (bicyclic) bond motifs is 1. The summed E-state index contributed by atoms with van der Waals surface area (Å²) in [5.74, 6) is 0.561. The summed E-state index contributed by atoms with van der Waals surface area (Å²) < 4.78 is 33.5. The average molecular weight is 361 g/mol. The standard InChI is InChI=1S/C19H23NO4S/c1-12-9-13(2)19(14(3)10-12)25(22,23)20-8-7-18(21)16-6-5-15(24-4)11-17(16)20/h5-6,9-11,18,21H,7-8H2,1-4H3. The topological polar surface area (TPSA) is 66.8 Å². The first-order valence-electron chi connectivity index (χ1n) is 8.22. The van der Waals surface area contributed by atoms with Gasteiger partial charge in [-0.1, -0.05) is 23.8 Å². The molecule has 0 saturated carbocycles. The Morgan fingerprint density at radius 3 is 2.36 bits per heavy atom. The third-order valence-electron chi connectivity index (χ3n) is 4.62. The van der Waals surface area contributed by atoms with Crippen LogP contribution in [-0.4, -0.2) is 27.2 Å². The van der Waals surface area contributed by atoms with E-state index in [9.17, 15) is 13.5 Å². The van der Waals surface area contributed by atoms with Gasteiger partial charge in [0.2, 0.25) is 0 Å². The Bertz CT molecular complexity index is 898. The van der Waals surface area contributed by atoms with Crippen LogP contribution in [0, 0.1) is 20.8 Å². The highest BCUT2D eigenvalue weighted by Gasteiger charge is 2.34. The number of ether oxygens (including phenoxy) is 1. The summed E-state index contributed by atoms with van der Waals surface area (Å²) in [6, 6.07) is 8.90. The summed E-state index contributed by atoms with van der Waals surface area (Å²) in [5.41, 5.74) is 3.58. The molecule has 1 atom stereocenters. The van der Waals surface area contributed by atoms with Crippen molar-refractivity contribution in [2.75, 3.05) is 18.0 Å². The van der Waals surface area contributed by atoms with Gasteiger partial charge in [-0.15, -0.1) is 0 Å². The fourth-order valence-corrected chi connectivity index (χ4v) is 5.51. The van der Waals surface area contributed by atoms with Crippen LogP contribution in [0.5, 0.6) is 5.75 Å². The van der Waals surface area contributed by atoms with Gasteiger partial charge in [-0.25, -0.2) is 8.42 Å². The smallest absolute Gasteiger partial charge is 0.264 e. The van der Waals surface area contributed by atoms with Crippen molar-refractivity contribution >= 4 is 15.7 Å². The van der Waals surface area contributed by atoms with E-state index >= 15 is 0 Å². The van der Waals surface area contributed by atoms with Crippen molar-refractivity contribution in [1.82, 2.24) is 0 Å². The summed E-state index contributed by atoms with van der Waals surface area (Å²) in [6.07, 6.45) is -0.310. The predicted molar refractivity (Wildman–Crippen MR) is 97.8 cm³/mol. The van der Waals surface area contributed by atoms with Crippen LogP contribution in [0.2, 0.25) is 0 Å². The number of methoxy groups -OCH3 is 1. The van der Waals surface area contributed by atoms with E-state index in [-0.39, 0.29) is 6.54 Å². The molecule has 2 aromatic carbocycles. The largest absolute Gasteiger partial charge is 0.497 e. The van der Waals surface area contributed by atoms with Crippen LogP contribution < -0.4 is 9.04 Å². The molecule has 3 rings (SSSR count). The third-order valence-corrected chi connectivity index (χ3v) is 6.74. The molecule has 0 spiro atoms. The molecule has 0 aromatic heterocycles. The third kappa shape index (κ3) is 3.00. The first-order valence-corrected chi connectivity index (χ1v) is 9.66. The number of sulfonamides is 1. The SMILES string of the molecule is COc1ccc2c(c1)N(S(=O)(=O)c1c(C)cc(C)cc1C)CCC2O. The lowest BCUT2D eigenvalue weighted by Crippen LogP contribution is -2.37. The number of aryl methyl sites for hydroxylation is 3. The molecule has 1 aliphatic heterocycles. The number of aliphatic hydroxyl groups is 1. The lowest BCUT2D eigenvalue weighted by Gasteiger charge is -2.34. The molecule has 1 heterocycles. The van der Waals surface area contributed by atoms with E-state index in [4.69, 9.17) is 4.74 Å². The van der Waals surface area contributed by atoms with E-state index in [1.54, 1.807) is 18.2 Å². The quantitative estimate of drug-likeness (QED) is 0.911. The Morgan fingerprint density at radius 2 is 1.76 bits per heavy atom. The van der Waals surface area contributed by atoms with Crippen LogP contribution in [0.1, 0.15) is 34.8 Å². The Balaban J connectivity index is 2.19. The Morgan fingerprint density at radius 1 is 1.12 bits per heavy atom. The van der Waals surface area contributed by atoms with Crippen LogP contribution in [0.4, 0.5) is 5.69 Å². The Kier molecular flexibility index (Phi) is 4.51. The highest BCUT2D eigenvalue weighted by atomic mass is 32.2. The number of benzene rings is 2. The second-order valence-corrected chi connectivity index (χ2v) is 8.33. The Labute approximate surface area is 148 Å². The molecule has 1 unspecified atom stereocenters. The second-order valence-electron chi connectivity index (χ2n) is 6.53. The van der Waals surface area contributed by atoms with E-state index in [0.717, 1.165) is 16.7 Å². The normalized spacial score (nSPS) is 17.3. The predicted octanol–water partition coefficient (Wildman–Crippen LogP) is 3.25. The summed E-state index contributed by atoms with van der Waals surface area (Å²) in [6.45, 7) is 5.82. The van der Waals surface area contributed by atoms with Gasteiger partial charge in [-0.2, -0.15) is 0 Å². The van der Waals surface area contributed by atoms with Gasteiger partial charge in [-0.3, -0.25) is 4.31 Å². The second kappa shape index (κ2) is 6.35. The lowest BCUT2D eigenvalue weighted by molar-refractivity contribution is 0.166. The Hall–Kier alpha value is -2.05. The number of aliphatic hydroxyl groups excluding tert-OH is 1. The van der Waals surface area contributed by atoms with Crippen LogP contribution >= 0.6 is 0 Å². The molecule has 5 nitrogen and oxygen atoms in total. The van der Waals surface area contributed by atoms with Gasteiger partial charge < -0.3 is 9.84 Å². The summed E-state index contributed by atoms with van der Waals surface area (Å²) in [7, 11) is -2.20. The minimum atomic E-state index is -3.74. The molecule has 6 heteroatoms. The zero-order chi connectivity index (χ0) is 18.4. The van der Waals surface area contributed by atoms with Gasteiger partial charge in [0.05, 0.1) is 23.8 Å². The molecule has 25 heavy (non-hydrogen) atoms. The maximum absolute atomic E-state index is 13.4. The molecule has 2 aromatic rings. The number of hydrogen-bond donors (Lipinski definition) is 1. The number of anilines is 1. The maximum atomic E-state index is 13.4. The molecular formula is C19H23NO4S. The number of hydrogen-bond acceptors (Lipinski definition) is 4. The molecule has 0 radical (unpaired) electrons. The van der Waals surface area contributed by atoms with Gasteiger partial charge in [0.1, 0.15) is 5.75 Å². The van der Waals surface area contributed by atoms with Gasteiger partial charge in [-0.05, 0) is 44.4 Å². The molecule has 0 bridgehead atoms. The van der Waals surface area contributed by atoms with Crippen molar-refractivity contribution in [3.63, 3.8) is 0 Å². The van der Waals surface area contributed by atoms with E-state index in [1.165, 1.54) is 11.4 Å². The van der Waals surface area contributed by atoms with Gasteiger partial charge in [0, 0.05) is 18.2 Å². The minimum Gasteiger partial charge on any atom is -0.497 e. The molecule has 1 N–H and O–H groups in total. The summed E-state index contributed by atoms with van der Waals surface area (Å²) >= 11 is 0. The van der Waals surface area contributed by atoms with Crippen LogP contribution in [0.25, 0.3) is 0 Å². The van der Waals surface area contributed by atoms with E-state index < -0.39 is 16.1 Å². The van der Waals surface area contributed by atoms with Crippen molar-refractivity contribution in [3.8, 4) is 5.75 Å². The van der Waals surface area contributed by atoms with Crippen LogP contribution in [0.3, 0.4) is 0 Å². The fourth-order valence-electron chi connectivity index (χ4n) is 3.60. The van der Waals surface area contributed by atoms with Crippen molar-refractivity contribution < 1.29 is 18.3 Å². The molecular weight excluding hydrogens is 338 g/mol. The highest BCUT2D eigenvalue weighted by molar-refractivity contribution is 7.93. The van der Waals surface area contributed by atoms with Crippen molar-refractivity contribution in [2.45, 2.75) is 38.2 Å². The first-order chi connectivity index (χ1) is 11.8. The molecule has 0 saturated heterocycles. The minimum absolute atomic E-state index is 0.233. The van der Waals surface area contributed by atoms with Crippen molar-refractivity contribution in [3.05, 3.63) is 52.6 Å². The summed E-state index contributed by atoms with van der Waals surface area (Å²) in [5, 5.41) is 10.3. The van der Waals surface area contributed by atoms with Gasteiger partial charge >= 0.3 is 0 Å². The average Bonchev–Trinajstić information content (AvgIpc) is 2.53. The number of nitrogens with zero attached hydrogens (tertiary/aromatic N) is 1. The van der Waals surface area contributed by atoms with Crippen molar-refractivity contribution in [2.24, 2.45) is 0 Å². The highest BCUT2D eigenvalue weighted by Crippen LogP contribution is 2.40. The molecule has 134 valence electrons. The summed E-state index contributed by atoms with van der Waals surface area (Å²) in [4.78, 5) is 0.336. The van der Waals surface area contributed by atoms with Crippen molar-refractivity contribution in [1.29, 1.82) is 0 Å². The molecule has 0 aliphatic carbocycles. The maximum Gasteiger partial charge on any atom is 0.264 e. The lowest BCUT2D eigenvalue weighted by atomic mass is 10.0. The van der Waals surface area contributed by atoms with E-state index in [1.807, 2.05) is 32.9 Å². The fraction of sp³-hybridized carbons (Fsp3) is 0.368. The zero-order valence-electron chi connectivity index (χ0n) is 14.9. The van der Waals surface area contributed by atoms with Crippen LogP contribution in [-0.2, 0) is 10.0 Å². The monoisotopic (exact) mass is 361 g/mol. The number of rotatable bonds is 3. The molecule has 0 amide bonds. The van der Waals surface area contributed by atoms with Crippen LogP contribution in [0.15, 0.2) is 35.2 Å². The zero-order valence-corrected chi connectivity index (χ0v) is 15.7. The van der Waals surface area contributed by atoms with Gasteiger partial charge in [0.25, 0.3) is 10.0 Å². The molecule has 1 aliphatic rings. The molecule has 0 fully saturated rings. The van der Waals surface area contributed by atoms with E-state index in [2.05, 4.69) is 0 Å². The van der Waals surface area contributed by atoms with Gasteiger partial charge in [0.15, 0.2) is 0 Å².